The molecule has 0 atom stereocenters. The molecule has 0 amide bonds. The molecule has 3 fully saturated rings. The van der Waals surface area contributed by atoms with Crippen molar-refractivity contribution in [1.82, 2.24) is 9.80 Å². The predicted molar refractivity (Wildman–Crippen MR) is 64.4 cm³/mol. The number of aliphatic hydroxyl groups is 1. The standard InChI is InChI=1S/C13H24N2O/c16-13-9-12(10-13)15-7-5-14(6-8-15)11-3-1-2-4-11/h11-13,16H,1-10H2. The lowest BCUT2D eigenvalue weighted by Gasteiger charge is -2.46. The fourth-order valence-electron chi connectivity index (χ4n) is 3.59. The van der Waals surface area contributed by atoms with Crippen LogP contribution in [-0.4, -0.2) is 59.3 Å². The topological polar surface area (TPSA) is 26.7 Å². The van der Waals surface area contributed by atoms with Crippen LogP contribution in [0.15, 0.2) is 0 Å². The first-order chi connectivity index (χ1) is 7.83. The molecule has 1 N–H and O–H groups in total. The van der Waals surface area contributed by atoms with E-state index in [9.17, 15) is 5.11 Å². The van der Waals surface area contributed by atoms with Gasteiger partial charge in [0, 0.05) is 38.3 Å². The quantitative estimate of drug-likeness (QED) is 0.760. The molecule has 3 aliphatic rings. The van der Waals surface area contributed by atoms with E-state index in [0.29, 0.717) is 6.04 Å². The number of piperazine rings is 1. The van der Waals surface area contributed by atoms with Crippen LogP contribution in [0.5, 0.6) is 0 Å². The Morgan fingerprint density at radius 1 is 0.750 bits per heavy atom. The molecule has 0 aromatic rings. The second-order valence-electron chi connectivity index (χ2n) is 5.79. The second kappa shape index (κ2) is 4.63. The molecule has 0 bridgehead atoms. The zero-order valence-corrected chi connectivity index (χ0v) is 10.1. The van der Waals surface area contributed by atoms with Crippen LogP contribution in [0.25, 0.3) is 0 Å². The van der Waals surface area contributed by atoms with Gasteiger partial charge in [0.2, 0.25) is 0 Å². The number of hydrogen-bond donors (Lipinski definition) is 1. The Morgan fingerprint density at radius 2 is 1.25 bits per heavy atom. The number of aliphatic hydroxyl groups excluding tert-OH is 1. The Bertz CT molecular complexity index is 226. The lowest BCUT2D eigenvalue weighted by Crippen LogP contribution is -2.56. The summed E-state index contributed by atoms with van der Waals surface area (Å²) in [5.74, 6) is 0. The second-order valence-corrected chi connectivity index (χ2v) is 5.79. The first-order valence-electron chi connectivity index (χ1n) is 6.99. The SMILES string of the molecule is OC1CC(N2CCN(C3CCCC3)CC2)C1. The van der Waals surface area contributed by atoms with Gasteiger partial charge in [-0.15, -0.1) is 0 Å². The highest BCUT2D eigenvalue weighted by Gasteiger charge is 2.35. The third kappa shape index (κ3) is 2.13. The van der Waals surface area contributed by atoms with Gasteiger partial charge in [-0.25, -0.2) is 0 Å². The molecule has 92 valence electrons. The molecule has 0 unspecified atom stereocenters. The Balaban J connectivity index is 1.44. The fraction of sp³-hybridized carbons (Fsp3) is 1.00. The maximum Gasteiger partial charge on any atom is 0.0570 e. The van der Waals surface area contributed by atoms with Crippen LogP contribution in [0, 0.1) is 0 Å². The average Bonchev–Trinajstić information content (AvgIpc) is 2.79. The van der Waals surface area contributed by atoms with Crippen molar-refractivity contribution in [3.8, 4) is 0 Å². The summed E-state index contributed by atoms with van der Waals surface area (Å²) in [6.07, 6.45) is 7.79. The molecule has 0 spiro atoms. The number of rotatable bonds is 2. The Hall–Kier alpha value is -0.120. The van der Waals surface area contributed by atoms with E-state index in [1.165, 1.54) is 51.9 Å². The third-order valence-corrected chi connectivity index (χ3v) is 4.79. The van der Waals surface area contributed by atoms with Gasteiger partial charge in [0.1, 0.15) is 0 Å². The molecule has 3 rings (SSSR count). The van der Waals surface area contributed by atoms with Gasteiger partial charge < -0.3 is 5.11 Å². The number of nitrogens with zero attached hydrogens (tertiary/aromatic N) is 2. The summed E-state index contributed by atoms with van der Waals surface area (Å²) in [5.41, 5.74) is 0. The zero-order chi connectivity index (χ0) is 11.0. The molecule has 3 heteroatoms. The van der Waals surface area contributed by atoms with Gasteiger partial charge in [-0.3, -0.25) is 9.80 Å². The molecule has 0 aromatic heterocycles. The highest BCUT2D eigenvalue weighted by atomic mass is 16.3. The zero-order valence-electron chi connectivity index (χ0n) is 10.1. The normalized spacial score (nSPS) is 38.8. The minimum atomic E-state index is -0.00198. The summed E-state index contributed by atoms with van der Waals surface area (Å²) >= 11 is 0. The van der Waals surface area contributed by atoms with E-state index in [-0.39, 0.29) is 6.10 Å². The highest BCUT2D eigenvalue weighted by molar-refractivity contribution is 4.90. The summed E-state index contributed by atoms with van der Waals surface area (Å²) < 4.78 is 0. The van der Waals surface area contributed by atoms with Crippen molar-refractivity contribution in [3.63, 3.8) is 0 Å². The molecule has 0 aromatic carbocycles. The molecule has 1 saturated heterocycles. The predicted octanol–water partition coefficient (Wildman–Crippen LogP) is 1.07. The van der Waals surface area contributed by atoms with Gasteiger partial charge in [-0.05, 0) is 25.7 Å². The van der Waals surface area contributed by atoms with Crippen LogP contribution >= 0.6 is 0 Å². The first kappa shape index (κ1) is 11.0. The van der Waals surface area contributed by atoms with Crippen molar-refractivity contribution < 1.29 is 5.11 Å². The monoisotopic (exact) mass is 224 g/mol. The van der Waals surface area contributed by atoms with Crippen LogP contribution in [0.2, 0.25) is 0 Å². The van der Waals surface area contributed by atoms with Gasteiger partial charge in [0.05, 0.1) is 6.10 Å². The lowest BCUT2D eigenvalue weighted by atomic mass is 9.87. The van der Waals surface area contributed by atoms with E-state index < -0.39 is 0 Å². The minimum Gasteiger partial charge on any atom is -0.393 e. The molecule has 2 aliphatic carbocycles. The van der Waals surface area contributed by atoms with E-state index in [1.807, 2.05) is 0 Å². The largest absolute Gasteiger partial charge is 0.393 e. The molecule has 3 nitrogen and oxygen atoms in total. The molecule has 0 radical (unpaired) electrons. The summed E-state index contributed by atoms with van der Waals surface area (Å²) in [6.45, 7) is 4.98. The van der Waals surface area contributed by atoms with E-state index in [0.717, 1.165) is 18.9 Å². The Morgan fingerprint density at radius 3 is 1.75 bits per heavy atom. The van der Waals surface area contributed by atoms with Crippen LogP contribution in [0.1, 0.15) is 38.5 Å². The van der Waals surface area contributed by atoms with Gasteiger partial charge in [-0.1, -0.05) is 12.8 Å². The summed E-state index contributed by atoms with van der Waals surface area (Å²) in [5, 5.41) is 9.34. The van der Waals surface area contributed by atoms with Crippen molar-refractivity contribution in [1.29, 1.82) is 0 Å². The van der Waals surface area contributed by atoms with E-state index in [2.05, 4.69) is 9.80 Å². The van der Waals surface area contributed by atoms with Crippen LogP contribution in [0.4, 0.5) is 0 Å². The third-order valence-electron chi connectivity index (χ3n) is 4.79. The molecular weight excluding hydrogens is 200 g/mol. The van der Waals surface area contributed by atoms with Crippen LogP contribution in [0.3, 0.4) is 0 Å². The van der Waals surface area contributed by atoms with Crippen LogP contribution < -0.4 is 0 Å². The smallest absolute Gasteiger partial charge is 0.0570 e. The average molecular weight is 224 g/mol. The molecule has 16 heavy (non-hydrogen) atoms. The lowest BCUT2D eigenvalue weighted by molar-refractivity contribution is -0.0229. The molecule has 2 saturated carbocycles. The van der Waals surface area contributed by atoms with Gasteiger partial charge >= 0.3 is 0 Å². The summed E-state index contributed by atoms with van der Waals surface area (Å²) in [4.78, 5) is 5.30. The van der Waals surface area contributed by atoms with Crippen LogP contribution in [-0.2, 0) is 0 Å². The first-order valence-corrected chi connectivity index (χ1v) is 6.99. The molecule has 1 heterocycles. The Labute approximate surface area is 98.4 Å². The molecular formula is C13H24N2O. The van der Waals surface area contributed by atoms with Crippen molar-refractivity contribution in [2.24, 2.45) is 0 Å². The summed E-state index contributed by atoms with van der Waals surface area (Å²) in [6, 6.07) is 1.59. The Kier molecular flexibility index (Phi) is 3.18. The van der Waals surface area contributed by atoms with E-state index >= 15 is 0 Å². The van der Waals surface area contributed by atoms with Gasteiger partial charge in [0.25, 0.3) is 0 Å². The highest BCUT2D eigenvalue weighted by Crippen LogP contribution is 2.28. The summed E-state index contributed by atoms with van der Waals surface area (Å²) in [7, 11) is 0. The van der Waals surface area contributed by atoms with E-state index in [4.69, 9.17) is 0 Å². The number of hydrogen-bond acceptors (Lipinski definition) is 3. The van der Waals surface area contributed by atoms with E-state index in [1.54, 1.807) is 0 Å². The maximum atomic E-state index is 9.34. The molecule has 1 aliphatic heterocycles. The van der Waals surface area contributed by atoms with Gasteiger partial charge in [-0.2, -0.15) is 0 Å². The van der Waals surface area contributed by atoms with Crippen molar-refractivity contribution in [2.75, 3.05) is 26.2 Å². The minimum absolute atomic E-state index is 0.00198. The van der Waals surface area contributed by atoms with Crippen molar-refractivity contribution in [2.45, 2.75) is 56.7 Å². The van der Waals surface area contributed by atoms with Crippen molar-refractivity contribution in [3.05, 3.63) is 0 Å². The van der Waals surface area contributed by atoms with Crippen molar-refractivity contribution >= 4 is 0 Å². The maximum absolute atomic E-state index is 9.34. The van der Waals surface area contributed by atoms with Gasteiger partial charge in [0.15, 0.2) is 0 Å². The fourth-order valence-corrected chi connectivity index (χ4v) is 3.59.